The van der Waals surface area contributed by atoms with Gasteiger partial charge >= 0.3 is 5.97 Å². The van der Waals surface area contributed by atoms with E-state index in [0.29, 0.717) is 10.6 Å². The second-order valence-corrected chi connectivity index (χ2v) is 4.47. The van der Waals surface area contributed by atoms with Crippen molar-refractivity contribution in [3.63, 3.8) is 0 Å². The fourth-order valence-corrected chi connectivity index (χ4v) is 2.75. The molecule has 0 saturated heterocycles. The van der Waals surface area contributed by atoms with Crippen molar-refractivity contribution in [1.29, 1.82) is 0 Å². The Balaban J connectivity index is 2.38. The molecule has 0 radical (unpaired) electrons. The molecule has 0 heterocycles. The second kappa shape index (κ2) is 3.60. The molecule has 1 unspecified atom stereocenters. The van der Waals surface area contributed by atoms with E-state index in [9.17, 15) is 9.90 Å². The summed E-state index contributed by atoms with van der Waals surface area (Å²) in [5, 5.41) is 9.89. The van der Waals surface area contributed by atoms with E-state index in [-0.39, 0.29) is 0 Å². The third-order valence-corrected chi connectivity index (χ3v) is 3.48. The van der Waals surface area contributed by atoms with E-state index >= 15 is 0 Å². The molecule has 84 valence electrons. The highest BCUT2D eigenvalue weighted by atomic mass is 35.5. The van der Waals surface area contributed by atoms with Crippen molar-refractivity contribution in [2.75, 3.05) is 0 Å². The topological polar surface area (TPSA) is 37.3 Å². The summed E-state index contributed by atoms with van der Waals surface area (Å²) in [7, 11) is 0. The zero-order valence-electron chi connectivity index (χ0n) is 8.85. The molecule has 0 fully saturated rings. The summed E-state index contributed by atoms with van der Waals surface area (Å²) >= 11 is 6.14. The van der Waals surface area contributed by atoms with Crippen molar-refractivity contribution in [2.45, 2.75) is 5.92 Å². The largest absolute Gasteiger partial charge is 0.481 e. The molecule has 17 heavy (non-hydrogen) atoms. The van der Waals surface area contributed by atoms with Gasteiger partial charge in [0, 0.05) is 5.02 Å². The lowest BCUT2D eigenvalue weighted by Gasteiger charge is -2.08. The van der Waals surface area contributed by atoms with Crippen molar-refractivity contribution >= 4 is 17.6 Å². The van der Waals surface area contributed by atoms with Gasteiger partial charge in [-0.1, -0.05) is 48.0 Å². The van der Waals surface area contributed by atoms with Gasteiger partial charge in [-0.25, -0.2) is 0 Å². The molecule has 2 aromatic carbocycles. The van der Waals surface area contributed by atoms with Crippen LogP contribution in [0.2, 0.25) is 5.02 Å². The van der Waals surface area contributed by atoms with Crippen LogP contribution in [0, 0.1) is 0 Å². The minimum Gasteiger partial charge on any atom is -0.481 e. The molecule has 0 bridgehead atoms. The maximum Gasteiger partial charge on any atom is 0.315 e. The summed E-state index contributed by atoms with van der Waals surface area (Å²) in [6.07, 6.45) is 0. The number of aliphatic carboxylic acids is 1. The first-order valence-corrected chi connectivity index (χ1v) is 5.68. The van der Waals surface area contributed by atoms with Crippen molar-refractivity contribution in [3.05, 3.63) is 58.6 Å². The SMILES string of the molecule is O=C(O)C1c2ccccc2-c2cccc(Cl)c21. The van der Waals surface area contributed by atoms with Crippen LogP contribution in [-0.2, 0) is 4.79 Å². The summed E-state index contributed by atoms with van der Waals surface area (Å²) in [6, 6.07) is 13.1. The minimum absolute atomic E-state index is 0.520. The molecular weight excluding hydrogens is 236 g/mol. The van der Waals surface area contributed by atoms with E-state index in [4.69, 9.17) is 11.6 Å². The van der Waals surface area contributed by atoms with E-state index in [0.717, 1.165) is 16.7 Å². The standard InChI is InChI=1S/C14H9ClO2/c15-11-7-3-6-9-8-4-1-2-5-10(8)13(12(9)11)14(16)17/h1-7,13H,(H,16,17). The van der Waals surface area contributed by atoms with Crippen LogP contribution in [0.25, 0.3) is 11.1 Å². The van der Waals surface area contributed by atoms with Gasteiger partial charge in [0.25, 0.3) is 0 Å². The average Bonchev–Trinajstić information content (AvgIpc) is 2.65. The molecule has 2 aromatic rings. The molecule has 1 aliphatic carbocycles. The maximum absolute atomic E-state index is 11.4. The van der Waals surface area contributed by atoms with Gasteiger partial charge in [-0.05, 0) is 28.3 Å². The predicted octanol–water partition coefficient (Wildman–Crippen LogP) is 3.54. The van der Waals surface area contributed by atoms with Crippen LogP contribution in [0.4, 0.5) is 0 Å². The van der Waals surface area contributed by atoms with Crippen LogP contribution in [0.1, 0.15) is 17.0 Å². The summed E-state index contributed by atoms with van der Waals surface area (Å²) in [5.74, 6) is -1.50. The number of hydrogen-bond donors (Lipinski definition) is 1. The van der Waals surface area contributed by atoms with E-state index in [1.807, 2.05) is 36.4 Å². The number of benzene rings is 2. The highest BCUT2D eigenvalue weighted by Gasteiger charge is 2.35. The van der Waals surface area contributed by atoms with Crippen LogP contribution in [-0.4, -0.2) is 11.1 Å². The fourth-order valence-electron chi connectivity index (χ4n) is 2.47. The molecule has 0 amide bonds. The van der Waals surface area contributed by atoms with Crippen LogP contribution in [0.15, 0.2) is 42.5 Å². The monoisotopic (exact) mass is 244 g/mol. The highest BCUT2D eigenvalue weighted by Crippen LogP contribution is 2.47. The first-order valence-electron chi connectivity index (χ1n) is 5.30. The van der Waals surface area contributed by atoms with E-state index in [1.54, 1.807) is 6.07 Å². The zero-order valence-corrected chi connectivity index (χ0v) is 9.61. The molecule has 0 saturated carbocycles. The van der Waals surface area contributed by atoms with Gasteiger partial charge in [-0.2, -0.15) is 0 Å². The summed E-state index contributed by atoms with van der Waals surface area (Å²) in [6.45, 7) is 0. The lowest BCUT2D eigenvalue weighted by Crippen LogP contribution is -2.10. The lowest BCUT2D eigenvalue weighted by atomic mass is 9.97. The Hall–Kier alpha value is -1.80. The third kappa shape index (κ3) is 1.38. The first-order chi connectivity index (χ1) is 8.20. The smallest absolute Gasteiger partial charge is 0.315 e. The Bertz CT molecular complexity index is 619. The molecule has 1 atom stereocenters. The summed E-state index contributed by atoms with van der Waals surface area (Å²) in [4.78, 5) is 11.4. The number of carboxylic acids is 1. The Morgan fingerprint density at radius 1 is 1.06 bits per heavy atom. The van der Waals surface area contributed by atoms with Crippen LogP contribution in [0.5, 0.6) is 0 Å². The van der Waals surface area contributed by atoms with Gasteiger partial charge in [0.05, 0.1) is 0 Å². The summed E-state index contributed by atoms with van der Waals surface area (Å²) < 4.78 is 0. The molecule has 0 aliphatic heterocycles. The lowest BCUT2D eigenvalue weighted by molar-refractivity contribution is -0.137. The molecule has 1 aliphatic rings. The Kier molecular flexibility index (Phi) is 2.20. The van der Waals surface area contributed by atoms with Gasteiger partial charge in [0.1, 0.15) is 5.92 Å². The fraction of sp³-hybridized carbons (Fsp3) is 0.0714. The molecule has 3 rings (SSSR count). The number of carboxylic acid groups (broad SMARTS) is 1. The van der Waals surface area contributed by atoms with Gasteiger partial charge < -0.3 is 5.11 Å². The molecule has 3 heteroatoms. The first kappa shape index (κ1) is 10.4. The van der Waals surface area contributed by atoms with Gasteiger partial charge in [0.15, 0.2) is 0 Å². The quantitative estimate of drug-likeness (QED) is 0.833. The number of carbonyl (C=O) groups is 1. The third-order valence-electron chi connectivity index (χ3n) is 3.15. The van der Waals surface area contributed by atoms with Crippen molar-refractivity contribution in [1.82, 2.24) is 0 Å². The second-order valence-electron chi connectivity index (χ2n) is 4.06. The van der Waals surface area contributed by atoms with E-state index in [2.05, 4.69) is 0 Å². The van der Waals surface area contributed by atoms with Crippen molar-refractivity contribution in [2.24, 2.45) is 0 Å². The molecule has 1 N–H and O–H groups in total. The van der Waals surface area contributed by atoms with E-state index in [1.165, 1.54) is 0 Å². The number of rotatable bonds is 1. The minimum atomic E-state index is -0.857. The van der Waals surface area contributed by atoms with Gasteiger partial charge in [-0.15, -0.1) is 0 Å². The Morgan fingerprint density at radius 2 is 1.76 bits per heavy atom. The molecule has 2 nitrogen and oxygen atoms in total. The number of halogens is 1. The predicted molar refractivity (Wildman–Crippen MR) is 66.4 cm³/mol. The molecular formula is C14H9ClO2. The van der Waals surface area contributed by atoms with Crippen molar-refractivity contribution < 1.29 is 9.90 Å². The molecule has 0 spiro atoms. The summed E-state index contributed by atoms with van der Waals surface area (Å²) in [5.41, 5.74) is 3.43. The molecule has 0 aromatic heterocycles. The number of fused-ring (bicyclic) bond motifs is 3. The highest BCUT2D eigenvalue weighted by molar-refractivity contribution is 6.32. The normalized spacial score (nSPS) is 16.4. The number of hydrogen-bond acceptors (Lipinski definition) is 1. The van der Waals surface area contributed by atoms with Crippen LogP contribution in [0.3, 0.4) is 0 Å². The van der Waals surface area contributed by atoms with Gasteiger partial charge in [-0.3, -0.25) is 4.79 Å². The Labute approximate surface area is 103 Å². The van der Waals surface area contributed by atoms with Gasteiger partial charge in [0.2, 0.25) is 0 Å². The van der Waals surface area contributed by atoms with E-state index < -0.39 is 11.9 Å². The maximum atomic E-state index is 11.4. The van der Waals surface area contributed by atoms with Crippen LogP contribution < -0.4 is 0 Å². The van der Waals surface area contributed by atoms with Crippen LogP contribution >= 0.6 is 11.6 Å². The zero-order chi connectivity index (χ0) is 12.0. The van der Waals surface area contributed by atoms with Crippen molar-refractivity contribution in [3.8, 4) is 11.1 Å². The Morgan fingerprint density at radius 3 is 2.53 bits per heavy atom. The average molecular weight is 245 g/mol.